The minimum Gasteiger partial charge on any atom is -0.506 e. The van der Waals surface area contributed by atoms with Crippen LogP contribution in [0.1, 0.15) is 22.8 Å². The van der Waals surface area contributed by atoms with Crippen LogP contribution < -0.4 is 0 Å². The summed E-state index contributed by atoms with van der Waals surface area (Å²) >= 11 is 0. The summed E-state index contributed by atoms with van der Waals surface area (Å²) in [6, 6.07) is 2.33. The topological polar surface area (TPSA) is 162 Å². The van der Waals surface area contributed by atoms with E-state index in [4.69, 9.17) is 0 Å². The number of nitro groups is 2. The van der Waals surface area contributed by atoms with Crippen molar-refractivity contribution in [2.24, 2.45) is 0 Å². The third-order valence-corrected chi connectivity index (χ3v) is 4.40. The Morgan fingerprint density at radius 3 is 1.36 bits per heavy atom. The van der Waals surface area contributed by atoms with Gasteiger partial charge in [-0.2, -0.15) is 10.2 Å². The molecule has 2 heterocycles. The van der Waals surface area contributed by atoms with E-state index in [1.807, 2.05) is 0 Å². The zero-order chi connectivity index (χ0) is 20.9. The molecule has 12 heteroatoms. The van der Waals surface area contributed by atoms with Gasteiger partial charge >= 0.3 is 11.4 Å². The molecule has 3 rings (SSSR count). The van der Waals surface area contributed by atoms with Crippen molar-refractivity contribution in [3.63, 3.8) is 0 Å². The molecule has 3 aromatic rings. The van der Waals surface area contributed by atoms with Crippen molar-refractivity contribution in [3.8, 4) is 22.9 Å². The summed E-state index contributed by atoms with van der Waals surface area (Å²) in [5.41, 5.74) is 0.295. The maximum Gasteiger partial charge on any atom is 0.313 e. The molecule has 146 valence electrons. The summed E-state index contributed by atoms with van der Waals surface area (Å²) in [4.78, 5) is 21.2. The maximum absolute atomic E-state index is 11.2. The van der Waals surface area contributed by atoms with Crippen molar-refractivity contribution < 1.29 is 20.1 Å². The maximum atomic E-state index is 11.2. The molecule has 0 fully saturated rings. The largest absolute Gasteiger partial charge is 0.506 e. The van der Waals surface area contributed by atoms with Gasteiger partial charge in [-0.15, -0.1) is 0 Å². The van der Waals surface area contributed by atoms with Gasteiger partial charge in [0.25, 0.3) is 0 Å². The lowest BCUT2D eigenvalue weighted by Crippen LogP contribution is -2.04. The smallest absolute Gasteiger partial charge is 0.313 e. The summed E-state index contributed by atoms with van der Waals surface area (Å²) in [5, 5.41) is 51.4. The Labute approximate surface area is 157 Å². The van der Waals surface area contributed by atoms with Gasteiger partial charge < -0.3 is 10.2 Å². The second-order valence-corrected chi connectivity index (χ2v) is 6.21. The average molecular weight is 388 g/mol. The standard InChI is InChI=1S/C16H16N6O6/c1-7-15(21(25)26)9(3)19(17-7)11-5-14(24)12(6-13(11)23)20-10(4)16(22(27)28)8(2)18-20/h5-6,23-24H,1-4H3. The van der Waals surface area contributed by atoms with Crippen LogP contribution in [0.15, 0.2) is 12.1 Å². The molecule has 0 spiro atoms. The first-order chi connectivity index (χ1) is 13.0. The first-order valence-corrected chi connectivity index (χ1v) is 8.02. The van der Waals surface area contributed by atoms with E-state index in [0.29, 0.717) is 0 Å². The molecule has 0 aliphatic carbocycles. The molecule has 2 aromatic heterocycles. The van der Waals surface area contributed by atoms with Crippen LogP contribution in [0.3, 0.4) is 0 Å². The van der Waals surface area contributed by atoms with Gasteiger partial charge in [0.2, 0.25) is 0 Å². The highest BCUT2D eigenvalue weighted by Crippen LogP contribution is 2.36. The van der Waals surface area contributed by atoms with Crippen LogP contribution in [0.5, 0.6) is 11.5 Å². The number of aryl methyl sites for hydroxylation is 2. The van der Waals surface area contributed by atoms with Crippen LogP contribution in [0, 0.1) is 47.9 Å². The molecule has 0 saturated heterocycles. The first kappa shape index (κ1) is 18.8. The molecule has 0 atom stereocenters. The fourth-order valence-electron chi connectivity index (χ4n) is 3.16. The number of phenolic OH excluding ortho intramolecular Hbond substituents is 2. The van der Waals surface area contributed by atoms with Gasteiger partial charge in [0.05, 0.1) is 9.85 Å². The Bertz CT molecular complexity index is 1060. The number of aromatic nitrogens is 4. The number of hydrogen-bond acceptors (Lipinski definition) is 8. The normalized spacial score (nSPS) is 11.0. The van der Waals surface area contributed by atoms with Crippen LogP contribution in [0.4, 0.5) is 11.4 Å². The van der Waals surface area contributed by atoms with E-state index in [9.17, 15) is 30.4 Å². The van der Waals surface area contributed by atoms with E-state index in [1.54, 1.807) is 0 Å². The predicted octanol–water partition coefficient (Wildman–Crippen LogP) is 2.52. The quantitative estimate of drug-likeness (QED) is 0.391. The minimum absolute atomic E-state index is 0.0194. The second kappa shape index (κ2) is 6.33. The molecule has 0 amide bonds. The van der Waals surface area contributed by atoms with E-state index in [-0.39, 0.29) is 57.0 Å². The number of rotatable bonds is 4. The highest BCUT2D eigenvalue weighted by molar-refractivity contribution is 5.62. The molecular weight excluding hydrogens is 372 g/mol. The summed E-state index contributed by atoms with van der Waals surface area (Å²) in [6.45, 7) is 5.85. The van der Waals surface area contributed by atoms with Gasteiger partial charge in [-0.25, -0.2) is 9.36 Å². The van der Waals surface area contributed by atoms with Gasteiger partial charge in [0.1, 0.15) is 45.6 Å². The molecule has 0 aliphatic heterocycles. The molecular formula is C16H16N6O6. The van der Waals surface area contributed by atoms with Gasteiger partial charge in [-0.05, 0) is 27.7 Å². The lowest BCUT2D eigenvalue weighted by Gasteiger charge is -2.12. The van der Waals surface area contributed by atoms with E-state index >= 15 is 0 Å². The Hall–Kier alpha value is -3.96. The van der Waals surface area contributed by atoms with Crippen LogP contribution in [-0.4, -0.2) is 39.6 Å². The number of phenols is 2. The summed E-state index contributed by atoms with van der Waals surface area (Å²) in [6.07, 6.45) is 0. The van der Waals surface area contributed by atoms with E-state index in [1.165, 1.54) is 27.7 Å². The van der Waals surface area contributed by atoms with Crippen molar-refractivity contribution in [2.45, 2.75) is 27.7 Å². The zero-order valence-corrected chi connectivity index (χ0v) is 15.4. The Morgan fingerprint density at radius 1 is 0.786 bits per heavy atom. The third-order valence-electron chi connectivity index (χ3n) is 4.40. The minimum atomic E-state index is -0.575. The fourth-order valence-corrected chi connectivity index (χ4v) is 3.16. The first-order valence-electron chi connectivity index (χ1n) is 8.02. The van der Waals surface area contributed by atoms with E-state index in [2.05, 4.69) is 10.2 Å². The Morgan fingerprint density at radius 2 is 1.11 bits per heavy atom. The summed E-state index contributed by atoms with van der Waals surface area (Å²) in [7, 11) is 0. The SMILES string of the molecule is Cc1nn(-c2cc(O)c(-n3nc(C)c([N+](=O)[O-])c3C)cc2O)c(C)c1[N+](=O)[O-]. The molecule has 0 radical (unpaired) electrons. The van der Waals surface area contributed by atoms with Crippen molar-refractivity contribution >= 4 is 11.4 Å². The van der Waals surface area contributed by atoms with Gasteiger partial charge in [0.15, 0.2) is 0 Å². The lowest BCUT2D eigenvalue weighted by molar-refractivity contribution is -0.386. The van der Waals surface area contributed by atoms with Crippen LogP contribution >= 0.6 is 0 Å². The number of benzene rings is 1. The summed E-state index contributed by atoms with van der Waals surface area (Å²) in [5.74, 6) is -0.688. The second-order valence-electron chi connectivity index (χ2n) is 6.21. The Balaban J connectivity index is 2.19. The monoisotopic (exact) mass is 388 g/mol. The van der Waals surface area contributed by atoms with Crippen molar-refractivity contribution in [1.82, 2.24) is 19.6 Å². The lowest BCUT2D eigenvalue weighted by atomic mass is 10.2. The van der Waals surface area contributed by atoms with Crippen molar-refractivity contribution in [3.05, 3.63) is 55.1 Å². The van der Waals surface area contributed by atoms with Crippen molar-refractivity contribution in [1.29, 1.82) is 0 Å². The molecule has 1 aromatic carbocycles. The highest BCUT2D eigenvalue weighted by Gasteiger charge is 2.27. The molecule has 0 saturated carbocycles. The molecule has 0 unspecified atom stereocenters. The zero-order valence-electron chi connectivity index (χ0n) is 15.4. The molecule has 12 nitrogen and oxygen atoms in total. The van der Waals surface area contributed by atoms with Crippen molar-refractivity contribution in [2.75, 3.05) is 0 Å². The summed E-state index contributed by atoms with van der Waals surface area (Å²) < 4.78 is 2.30. The molecule has 28 heavy (non-hydrogen) atoms. The van der Waals surface area contributed by atoms with Gasteiger partial charge in [0, 0.05) is 12.1 Å². The number of aromatic hydroxyl groups is 2. The fraction of sp³-hybridized carbons (Fsp3) is 0.250. The van der Waals surface area contributed by atoms with Crippen LogP contribution in [0.2, 0.25) is 0 Å². The number of hydrogen-bond donors (Lipinski definition) is 2. The third kappa shape index (κ3) is 2.71. The van der Waals surface area contributed by atoms with Gasteiger partial charge in [-0.1, -0.05) is 0 Å². The average Bonchev–Trinajstić information content (AvgIpc) is 3.04. The highest BCUT2D eigenvalue weighted by atomic mass is 16.6. The van der Waals surface area contributed by atoms with Gasteiger partial charge in [-0.3, -0.25) is 20.2 Å². The van der Waals surface area contributed by atoms with E-state index < -0.39 is 9.85 Å². The van der Waals surface area contributed by atoms with E-state index in [0.717, 1.165) is 21.5 Å². The molecule has 0 aliphatic rings. The molecule has 2 N–H and O–H groups in total. The Kier molecular flexibility index (Phi) is 4.26. The van der Waals surface area contributed by atoms with Crippen LogP contribution in [0.25, 0.3) is 11.4 Å². The van der Waals surface area contributed by atoms with Crippen LogP contribution in [-0.2, 0) is 0 Å². The molecule has 0 bridgehead atoms. The number of nitrogens with zero attached hydrogens (tertiary/aromatic N) is 6. The predicted molar refractivity (Wildman–Crippen MR) is 96.3 cm³/mol.